The number of benzene rings is 1. The molecule has 1 aromatic rings. The van der Waals surface area contributed by atoms with E-state index in [1.165, 1.54) is 12.1 Å². The van der Waals surface area contributed by atoms with Gasteiger partial charge in [0.15, 0.2) is 0 Å². The Morgan fingerprint density at radius 1 is 1.50 bits per heavy atom. The third kappa shape index (κ3) is 3.24. The minimum atomic E-state index is -0.424. The second kappa shape index (κ2) is 5.88. The highest BCUT2D eigenvalue weighted by atomic mass is 32.1. The third-order valence-electron chi connectivity index (χ3n) is 2.85. The fraction of sp³-hybridized carbons (Fsp3) is 0.417. The van der Waals surface area contributed by atoms with E-state index in [-0.39, 0.29) is 11.8 Å². The standard InChI is InChI=1S/C12H14N2O3S/c15-14(16)10-5-3-9(4-6-10)12(18)13-8-11-2-1-7-17-11/h3-6,11H,1-2,7-8H2,(H,13,18). The highest BCUT2D eigenvalue weighted by molar-refractivity contribution is 7.80. The molecule has 96 valence electrons. The molecule has 0 aromatic heterocycles. The first-order valence-corrected chi connectivity index (χ1v) is 6.22. The van der Waals surface area contributed by atoms with Gasteiger partial charge in [0.25, 0.3) is 5.69 Å². The van der Waals surface area contributed by atoms with Crippen molar-refractivity contribution < 1.29 is 9.66 Å². The van der Waals surface area contributed by atoms with Crippen molar-refractivity contribution in [2.24, 2.45) is 0 Å². The molecule has 0 aliphatic carbocycles. The second-order valence-corrected chi connectivity index (χ2v) is 4.56. The van der Waals surface area contributed by atoms with Crippen molar-refractivity contribution in [3.05, 3.63) is 39.9 Å². The average Bonchev–Trinajstić information content (AvgIpc) is 2.89. The third-order valence-corrected chi connectivity index (χ3v) is 3.23. The highest BCUT2D eigenvalue weighted by Crippen LogP contribution is 2.13. The summed E-state index contributed by atoms with van der Waals surface area (Å²) in [7, 11) is 0. The van der Waals surface area contributed by atoms with Crippen molar-refractivity contribution in [2.45, 2.75) is 18.9 Å². The van der Waals surface area contributed by atoms with Gasteiger partial charge in [-0.1, -0.05) is 12.2 Å². The molecule has 0 amide bonds. The summed E-state index contributed by atoms with van der Waals surface area (Å²) in [4.78, 5) is 10.7. The first kappa shape index (κ1) is 12.9. The van der Waals surface area contributed by atoms with Crippen molar-refractivity contribution >= 4 is 22.9 Å². The SMILES string of the molecule is O=[N+]([O-])c1ccc(C(=S)NCC2CCCO2)cc1. The monoisotopic (exact) mass is 266 g/mol. The Kier molecular flexibility index (Phi) is 4.22. The number of thiocarbonyl (C=S) groups is 1. The van der Waals surface area contributed by atoms with E-state index in [1.54, 1.807) is 12.1 Å². The number of nitrogens with zero attached hydrogens (tertiary/aromatic N) is 1. The summed E-state index contributed by atoms with van der Waals surface area (Å²) >= 11 is 5.23. The van der Waals surface area contributed by atoms with Gasteiger partial charge in [-0.2, -0.15) is 0 Å². The molecule has 6 heteroatoms. The Labute approximate surface area is 110 Å². The number of nitrogens with one attached hydrogen (secondary N) is 1. The normalized spacial score (nSPS) is 18.6. The lowest BCUT2D eigenvalue weighted by molar-refractivity contribution is -0.384. The molecule has 1 fully saturated rings. The predicted octanol–water partition coefficient (Wildman–Crippen LogP) is 2.04. The van der Waals surface area contributed by atoms with E-state index in [9.17, 15) is 10.1 Å². The number of non-ortho nitro benzene ring substituents is 1. The smallest absolute Gasteiger partial charge is 0.269 e. The van der Waals surface area contributed by atoms with E-state index < -0.39 is 4.92 Å². The van der Waals surface area contributed by atoms with E-state index in [1.807, 2.05) is 0 Å². The van der Waals surface area contributed by atoms with Crippen LogP contribution in [0.5, 0.6) is 0 Å². The Morgan fingerprint density at radius 2 is 2.22 bits per heavy atom. The summed E-state index contributed by atoms with van der Waals surface area (Å²) in [6, 6.07) is 6.22. The maximum atomic E-state index is 10.5. The van der Waals surface area contributed by atoms with Crippen molar-refractivity contribution in [3.63, 3.8) is 0 Å². The largest absolute Gasteiger partial charge is 0.376 e. The maximum absolute atomic E-state index is 10.5. The first-order chi connectivity index (χ1) is 8.66. The van der Waals surface area contributed by atoms with E-state index in [0.29, 0.717) is 11.5 Å². The van der Waals surface area contributed by atoms with E-state index >= 15 is 0 Å². The van der Waals surface area contributed by atoms with Gasteiger partial charge in [-0.05, 0) is 25.0 Å². The molecule has 0 radical (unpaired) electrons. The molecular weight excluding hydrogens is 252 g/mol. The van der Waals surface area contributed by atoms with E-state index in [2.05, 4.69) is 5.32 Å². The number of ether oxygens (including phenoxy) is 1. The summed E-state index contributed by atoms with van der Waals surface area (Å²) in [6.07, 6.45) is 2.37. The van der Waals surface area contributed by atoms with Crippen LogP contribution >= 0.6 is 12.2 Å². The number of nitro groups is 1. The molecule has 0 saturated carbocycles. The number of nitro benzene ring substituents is 1. The molecule has 1 atom stereocenters. The van der Waals surface area contributed by atoms with Crippen molar-refractivity contribution in [1.29, 1.82) is 0 Å². The van der Waals surface area contributed by atoms with Crippen LogP contribution in [0.1, 0.15) is 18.4 Å². The van der Waals surface area contributed by atoms with E-state index in [4.69, 9.17) is 17.0 Å². The Balaban J connectivity index is 1.89. The molecule has 5 nitrogen and oxygen atoms in total. The van der Waals surface area contributed by atoms with Gasteiger partial charge in [-0.15, -0.1) is 0 Å². The van der Waals surface area contributed by atoms with Crippen LogP contribution in [0.2, 0.25) is 0 Å². The van der Waals surface area contributed by atoms with Crippen molar-refractivity contribution in [3.8, 4) is 0 Å². The first-order valence-electron chi connectivity index (χ1n) is 5.81. The van der Waals surface area contributed by atoms with Gasteiger partial charge in [0, 0.05) is 30.8 Å². The number of rotatable bonds is 4. The predicted molar refractivity (Wildman–Crippen MR) is 71.8 cm³/mol. The summed E-state index contributed by atoms with van der Waals surface area (Å²) in [5, 5.41) is 13.6. The van der Waals surface area contributed by atoms with Crippen LogP contribution in [0.4, 0.5) is 5.69 Å². The van der Waals surface area contributed by atoms with E-state index in [0.717, 1.165) is 25.0 Å². The molecule has 1 aromatic carbocycles. The molecule has 1 N–H and O–H groups in total. The summed E-state index contributed by atoms with van der Waals surface area (Å²) in [5.41, 5.74) is 0.856. The van der Waals surface area contributed by atoms with Crippen LogP contribution in [0, 0.1) is 10.1 Å². The molecule has 1 aliphatic heterocycles. The topological polar surface area (TPSA) is 64.4 Å². The zero-order valence-corrected chi connectivity index (χ0v) is 10.6. The van der Waals surface area contributed by atoms with Crippen molar-refractivity contribution in [1.82, 2.24) is 5.32 Å². The van der Waals surface area contributed by atoms with Crippen LogP contribution in [0.15, 0.2) is 24.3 Å². The highest BCUT2D eigenvalue weighted by Gasteiger charge is 2.15. The minimum absolute atomic E-state index is 0.0701. The van der Waals surface area contributed by atoms with Gasteiger partial charge in [0.2, 0.25) is 0 Å². The lowest BCUT2D eigenvalue weighted by Gasteiger charge is -2.12. The average molecular weight is 266 g/mol. The molecule has 1 aliphatic rings. The summed E-state index contributed by atoms with van der Waals surface area (Å²) in [6.45, 7) is 1.51. The minimum Gasteiger partial charge on any atom is -0.376 e. The van der Waals surface area contributed by atoms with Gasteiger partial charge in [-0.3, -0.25) is 10.1 Å². The lowest BCUT2D eigenvalue weighted by atomic mass is 10.2. The van der Waals surface area contributed by atoms with Gasteiger partial charge in [-0.25, -0.2) is 0 Å². The van der Waals surface area contributed by atoms with Crippen LogP contribution < -0.4 is 5.32 Å². The Morgan fingerprint density at radius 3 is 2.78 bits per heavy atom. The molecule has 1 saturated heterocycles. The molecular formula is C12H14N2O3S. The zero-order valence-electron chi connectivity index (χ0n) is 9.80. The molecule has 18 heavy (non-hydrogen) atoms. The molecule has 1 heterocycles. The van der Waals surface area contributed by atoms with Gasteiger partial charge >= 0.3 is 0 Å². The molecule has 0 bridgehead atoms. The maximum Gasteiger partial charge on any atom is 0.269 e. The molecule has 2 rings (SSSR count). The lowest BCUT2D eigenvalue weighted by Crippen LogP contribution is -2.31. The molecule has 1 unspecified atom stereocenters. The molecule has 0 spiro atoms. The fourth-order valence-electron chi connectivity index (χ4n) is 1.85. The Hall–Kier alpha value is -1.53. The van der Waals surface area contributed by atoms with Gasteiger partial charge < -0.3 is 10.1 Å². The quantitative estimate of drug-likeness (QED) is 0.513. The van der Waals surface area contributed by atoms with Crippen LogP contribution in [0.3, 0.4) is 0 Å². The van der Waals surface area contributed by atoms with Crippen LogP contribution in [-0.4, -0.2) is 29.2 Å². The van der Waals surface area contributed by atoms with Gasteiger partial charge in [0.1, 0.15) is 4.99 Å². The van der Waals surface area contributed by atoms with Gasteiger partial charge in [0.05, 0.1) is 11.0 Å². The second-order valence-electron chi connectivity index (χ2n) is 4.15. The van der Waals surface area contributed by atoms with Crippen LogP contribution in [-0.2, 0) is 4.74 Å². The number of hydrogen-bond donors (Lipinski definition) is 1. The summed E-state index contributed by atoms with van der Waals surface area (Å²) < 4.78 is 5.48. The Bertz CT molecular complexity index is 441. The zero-order chi connectivity index (χ0) is 13.0. The summed E-state index contributed by atoms with van der Waals surface area (Å²) in [5.74, 6) is 0. The van der Waals surface area contributed by atoms with Crippen molar-refractivity contribution in [2.75, 3.05) is 13.2 Å². The fourth-order valence-corrected chi connectivity index (χ4v) is 2.07. The van der Waals surface area contributed by atoms with Crippen LogP contribution in [0.25, 0.3) is 0 Å². The number of hydrogen-bond acceptors (Lipinski definition) is 4.